The van der Waals surface area contributed by atoms with Crippen LogP contribution in [0.2, 0.25) is 0 Å². The van der Waals surface area contributed by atoms with Gasteiger partial charge in [0.05, 0.1) is 0 Å². The fourth-order valence-corrected chi connectivity index (χ4v) is 1.67. The van der Waals surface area contributed by atoms with Crippen molar-refractivity contribution in [3.8, 4) is 0 Å². The zero-order chi connectivity index (χ0) is 12.1. The maximum absolute atomic E-state index is 7.34. The minimum atomic E-state index is -0.0263. The van der Waals surface area contributed by atoms with Crippen molar-refractivity contribution in [2.24, 2.45) is 5.73 Å². The largest absolute Gasteiger partial charge is 0.382 e. The lowest BCUT2D eigenvalue weighted by atomic mass is 10.1. The number of nitrogen functional groups attached to an aromatic ring is 1. The van der Waals surface area contributed by atoms with Crippen LogP contribution in [0, 0.1) is 5.41 Å². The number of hydrogen-bond donors (Lipinski definition) is 2. The topological polar surface area (TPSA) is 78.9 Å². The van der Waals surface area contributed by atoms with Crippen LogP contribution in [0.1, 0.15) is 32.4 Å². The van der Waals surface area contributed by atoms with E-state index in [1.165, 1.54) is 0 Å². The van der Waals surface area contributed by atoms with Crippen molar-refractivity contribution in [3.63, 3.8) is 0 Å². The van der Waals surface area contributed by atoms with Crippen LogP contribution < -0.4 is 10.6 Å². The molecule has 0 unspecified atom stereocenters. The lowest BCUT2D eigenvalue weighted by molar-refractivity contribution is 0.581. The maximum Gasteiger partial charge on any atom is 0.225 e. The molecule has 3 N–H and O–H groups in total. The van der Waals surface area contributed by atoms with Crippen LogP contribution in [0.5, 0.6) is 0 Å². The van der Waals surface area contributed by atoms with Crippen molar-refractivity contribution >= 4 is 11.8 Å². The first-order valence-corrected chi connectivity index (χ1v) is 5.50. The van der Waals surface area contributed by atoms with Gasteiger partial charge in [-0.15, -0.1) is 0 Å². The van der Waals surface area contributed by atoms with Gasteiger partial charge in [-0.05, 0) is 18.9 Å². The first-order valence-electron chi connectivity index (χ1n) is 5.50. The van der Waals surface area contributed by atoms with E-state index in [0.29, 0.717) is 17.7 Å². The Balaban J connectivity index is 2.94. The van der Waals surface area contributed by atoms with Crippen molar-refractivity contribution in [2.75, 3.05) is 11.9 Å². The average Bonchev–Trinajstić information content (AvgIpc) is 2.30. The van der Waals surface area contributed by atoms with E-state index in [1.807, 2.05) is 11.9 Å². The average molecular weight is 221 g/mol. The summed E-state index contributed by atoms with van der Waals surface area (Å²) in [6.45, 7) is 4.28. The molecule has 0 atom stereocenters. The summed E-state index contributed by atoms with van der Waals surface area (Å²) in [5.41, 5.74) is 5.87. The molecule has 0 saturated carbocycles. The Morgan fingerprint density at radius 1 is 1.50 bits per heavy atom. The highest BCUT2D eigenvalue weighted by molar-refractivity contribution is 5.93. The van der Waals surface area contributed by atoms with Gasteiger partial charge in [-0.1, -0.05) is 13.8 Å². The van der Waals surface area contributed by atoms with Crippen LogP contribution in [0.3, 0.4) is 0 Å². The lowest BCUT2D eigenvalue weighted by Gasteiger charge is -2.26. The molecule has 16 heavy (non-hydrogen) atoms. The Hall–Kier alpha value is -1.65. The minimum absolute atomic E-state index is 0.0263. The first-order chi connectivity index (χ1) is 7.60. The highest BCUT2D eigenvalue weighted by atomic mass is 15.2. The monoisotopic (exact) mass is 221 g/mol. The number of nitrogens with two attached hydrogens (primary N) is 1. The molecule has 0 aromatic carbocycles. The van der Waals surface area contributed by atoms with E-state index in [9.17, 15) is 0 Å². The summed E-state index contributed by atoms with van der Waals surface area (Å²) in [4.78, 5) is 10.5. The second-order valence-electron chi connectivity index (χ2n) is 3.74. The van der Waals surface area contributed by atoms with Gasteiger partial charge in [0.1, 0.15) is 11.5 Å². The van der Waals surface area contributed by atoms with Crippen LogP contribution in [-0.2, 0) is 0 Å². The zero-order valence-electron chi connectivity index (χ0n) is 10.1. The summed E-state index contributed by atoms with van der Waals surface area (Å²) in [5, 5.41) is 7.34. The van der Waals surface area contributed by atoms with Crippen LogP contribution in [0.4, 0.5) is 5.95 Å². The van der Waals surface area contributed by atoms with Crippen molar-refractivity contribution in [3.05, 3.63) is 18.0 Å². The van der Waals surface area contributed by atoms with Crippen molar-refractivity contribution in [1.82, 2.24) is 9.97 Å². The summed E-state index contributed by atoms with van der Waals surface area (Å²) >= 11 is 0. The molecule has 88 valence electrons. The molecule has 0 amide bonds. The molecule has 1 rings (SSSR count). The van der Waals surface area contributed by atoms with Crippen molar-refractivity contribution in [1.29, 1.82) is 5.41 Å². The molecule has 0 radical (unpaired) electrons. The Morgan fingerprint density at radius 2 is 2.12 bits per heavy atom. The second kappa shape index (κ2) is 5.44. The summed E-state index contributed by atoms with van der Waals surface area (Å²) < 4.78 is 0. The molecule has 0 bridgehead atoms. The predicted octanol–water partition coefficient (Wildman–Crippen LogP) is 1.39. The van der Waals surface area contributed by atoms with Crippen LogP contribution in [-0.4, -0.2) is 28.9 Å². The van der Waals surface area contributed by atoms with Crippen molar-refractivity contribution < 1.29 is 0 Å². The highest BCUT2D eigenvalue weighted by Gasteiger charge is 2.14. The van der Waals surface area contributed by atoms with Gasteiger partial charge in [0.2, 0.25) is 5.95 Å². The van der Waals surface area contributed by atoms with Crippen LogP contribution in [0.15, 0.2) is 12.3 Å². The van der Waals surface area contributed by atoms with Gasteiger partial charge in [-0.2, -0.15) is 0 Å². The number of amidine groups is 1. The van der Waals surface area contributed by atoms with Gasteiger partial charge >= 0.3 is 0 Å². The first kappa shape index (κ1) is 12.4. The number of nitrogens with zero attached hydrogens (tertiary/aromatic N) is 3. The Labute approximate surface area is 96.2 Å². The summed E-state index contributed by atoms with van der Waals surface area (Å²) in [7, 11) is 1.97. The Morgan fingerprint density at radius 3 is 2.62 bits per heavy atom. The molecule has 5 heteroatoms. The third-order valence-electron chi connectivity index (χ3n) is 2.72. The molecule has 0 fully saturated rings. The third kappa shape index (κ3) is 2.68. The normalized spacial score (nSPS) is 10.5. The smallest absolute Gasteiger partial charge is 0.225 e. The molecule has 0 aliphatic heterocycles. The third-order valence-corrected chi connectivity index (χ3v) is 2.72. The number of anilines is 1. The molecule has 1 aromatic rings. The SMILES string of the molecule is CCC(CC)N(C)c1nccc(C(=N)N)n1. The quantitative estimate of drug-likeness (QED) is 0.581. The Bertz CT molecular complexity index is 359. The van der Waals surface area contributed by atoms with Gasteiger partial charge in [-0.25, -0.2) is 9.97 Å². The van der Waals surface area contributed by atoms with Crippen LogP contribution in [0.25, 0.3) is 0 Å². The van der Waals surface area contributed by atoms with Crippen LogP contribution >= 0.6 is 0 Å². The number of aromatic nitrogens is 2. The summed E-state index contributed by atoms with van der Waals surface area (Å²) in [5.74, 6) is 0.600. The standard InChI is InChI=1S/C11H19N5/c1-4-8(5-2)16(3)11-14-7-6-9(15-11)10(12)13/h6-8H,4-5H2,1-3H3,(H3,12,13). The van der Waals surface area contributed by atoms with E-state index in [4.69, 9.17) is 11.1 Å². The van der Waals surface area contributed by atoms with Crippen molar-refractivity contribution in [2.45, 2.75) is 32.7 Å². The molecule has 5 nitrogen and oxygen atoms in total. The van der Waals surface area contributed by atoms with E-state index in [2.05, 4.69) is 23.8 Å². The highest BCUT2D eigenvalue weighted by Crippen LogP contribution is 2.13. The molecule has 0 aliphatic carbocycles. The molecule has 0 spiro atoms. The van der Waals surface area contributed by atoms with E-state index < -0.39 is 0 Å². The summed E-state index contributed by atoms with van der Waals surface area (Å²) in [6.07, 6.45) is 3.72. The maximum atomic E-state index is 7.34. The predicted molar refractivity (Wildman–Crippen MR) is 65.8 cm³/mol. The van der Waals surface area contributed by atoms with E-state index in [0.717, 1.165) is 12.8 Å². The van der Waals surface area contributed by atoms with E-state index in [-0.39, 0.29) is 5.84 Å². The number of hydrogen-bond acceptors (Lipinski definition) is 4. The van der Waals surface area contributed by atoms with E-state index in [1.54, 1.807) is 12.3 Å². The number of nitrogens with one attached hydrogen (secondary N) is 1. The summed E-state index contributed by atoms with van der Waals surface area (Å²) in [6, 6.07) is 2.06. The molecule has 1 heterocycles. The lowest BCUT2D eigenvalue weighted by Crippen LogP contribution is -2.32. The Kier molecular flexibility index (Phi) is 4.22. The minimum Gasteiger partial charge on any atom is -0.382 e. The fraction of sp³-hybridized carbons (Fsp3) is 0.545. The molecular formula is C11H19N5. The van der Waals surface area contributed by atoms with Gasteiger partial charge in [-0.3, -0.25) is 5.41 Å². The molecule has 0 aliphatic rings. The van der Waals surface area contributed by atoms with E-state index >= 15 is 0 Å². The molecule has 0 saturated heterocycles. The van der Waals surface area contributed by atoms with Gasteiger partial charge in [0.25, 0.3) is 0 Å². The zero-order valence-corrected chi connectivity index (χ0v) is 10.1. The second-order valence-corrected chi connectivity index (χ2v) is 3.74. The van der Waals surface area contributed by atoms with Gasteiger partial charge in [0.15, 0.2) is 0 Å². The number of rotatable bonds is 5. The van der Waals surface area contributed by atoms with Gasteiger partial charge < -0.3 is 10.6 Å². The molecular weight excluding hydrogens is 202 g/mol. The molecule has 1 aromatic heterocycles. The van der Waals surface area contributed by atoms with Gasteiger partial charge in [0, 0.05) is 19.3 Å². The fourth-order valence-electron chi connectivity index (χ4n) is 1.67.